The zero-order valence-electron chi connectivity index (χ0n) is 18.4. The van der Waals surface area contributed by atoms with E-state index in [1.165, 1.54) is 7.11 Å². The predicted octanol–water partition coefficient (Wildman–Crippen LogP) is 5.30. The van der Waals surface area contributed by atoms with Gasteiger partial charge in [-0.25, -0.2) is 9.37 Å². The number of carbonyl (C=O) groups is 1. The Bertz CT molecular complexity index is 838. The van der Waals surface area contributed by atoms with Crippen LogP contribution in [0.5, 0.6) is 5.75 Å². The minimum absolute atomic E-state index is 0.137. The van der Waals surface area contributed by atoms with Crippen LogP contribution < -0.4 is 10.1 Å². The van der Waals surface area contributed by atoms with Crippen LogP contribution in [-0.4, -0.2) is 29.7 Å². The van der Waals surface area contributed by atoms with Crippen molar-refractivity contribution in [1.82, 2.24) is 4.98 Å². The molecule has 30 heavy (non-hydrogen) atoms. The number of rotatable bonds is 11. The highest BCUT2D eigenvalue weighted by molar-refractivity contribution is 6.04. The molecule has 2 N–H and O–H groups in total. The van der Waals surface area contributed by atoms with Gasteiger partial charge in [-0.3, -0.25) is 4.79 Å². The summed E-state index contributed by atoms with van der Waals surface area (Å²) in [5.41, 5.74) is 1.13. The summed E-state index contributed by atoms with van der Waals surface area (Å²) in [7, 11) is 1.44. The fourth-order valence-corrected chi connectivity index (χ4v) is 3.57. The molecule has 1 aromatic carbocycles. The lowest BCUT2D eigenvalue weighted by Crippen LogP contribution is -2.21. The maximum absolute atomic E-state index is 14.7. The van der Waals surface area contributed by atoms with Crippen molar-refractivity contribution in [2.75, 3.05) is 19.0 Å². The molecule has 164 valence electrons. The fourth-order valence-electron chi connectivity index (χ4n) is 3.57. The third-order valence-electron chi connectivity index (χ3n) is 5.25. The number of hydrogen-bond acceptors (Lipinski definition) is 4. The quantitative estimate of drug-likeness (QED) is 0.488. The summed E-state index contributed by atoms with van der Waals surface area (Å²) in [6.45, 7) is 6.03. The van der Waals surface area contributed by atoms with Gasteiger partial charge in [-0.15, -0.1) is 0 Å². The molecule has 0 bridgehead atoms. The van der Waals surface area contributed by atoms with Gasteiger partial charge in [0.2, 0.25) is 0 Å². The van der Waals surface area contributed by atoms with Gasteiger partial charge in [-0.05, 0) is 43.7 Å². The number of nitrogens with one attached hydrogen (secondary N) is 1. The fraction of sp³-hybridized carbons (Fsp3) is 0.500. The van der Waals surface area contributed by atoms with Crippen molar-refractivity contribution in [3.05, 3.63) is 53.0 Å². The van der Waals surface area contributed by atoms with Gasteiger partial charge >= 0.3 is 0 Å². The highest BCUT2D eigenvalue weighted by Crippen LogP contribution is 2.37. The van der Waals surface area contributed by atoms with Gasteiger partial charge in [0.25, 0.3) is 5.91 Å². The van der Waals surface area contributed by atoms with Gasteiger partial charge in [0, 0.05) is 17.7 Å². The molecule has 0 saturated heterocycles. The molecule has 0 spiro atoms. The van der Waals surface area contributed by atoms with E-state index >= 15 is 0 Å². The monoisotopic (exact) mass is 416 g/mol. The first kappa shape index (κ1) is 23.8. The molecule has 1 amide bonds. The number of amides is 1. The molecule has 0 radical (unpaired) electrons. The molecular weight excluding hydrogens is 383 g/mol. The second-order valence-electron chi connectivity index (χ2n) is 8.42. The number of aliphatic hydroxyl groups excluding tert-OH is 1. The Labute approximate surface area is 178 Å². The third kappa shape index (κ3) is 6.52. The van der Waals surface area contributed by atoms with Gasteiger partial charge in [0.05, 0.1) is 12.8 Å². The van der Waals surface area contributed by atoms with Gasteiger partial charge in [-0.2, -0.15) is 0 Å². The molecule has 5 nitrogen and oxygen atoms in total. The van der Waals surface area contributed by atoms with Crippen LogP contribution in [0.2, 0.25) is 0 Å². The highest BCUT2D eigenvalue weighted by Gasteiger charge is 2.27. The topological polar surface area (TPSA) is 71.5 Å². The SMILES string of the molecule is COc1c(F)c(C)nc(NC(=O)c2ccccc2)c1CC(C)(C)CCCCCCO. The molecule has 0 atom stereocenters. The molecule has 6 heteroatoms. The average molecular weight is 417 g/mol. The summed E-state index contributed by atoms with van der Waals surface area (Å²) < 4.78 is 20.1. The smallest absolute Gasteiger partial charge is 0.256 e. The maximum atomic E-state index is 14.7. The molecule has 0 aliphatic heterocycles. The number of unbranched alkanes of at least 4 members (excludes halogenated alkanes) is 3. The van der Waals surface area contributed by atoms with Crippen LogP contribution in [0, 0.1) is 18.2 Å². The number of anilines is 1. The van der Waals surface area contributed by atoms with Gasteiger partial charge in [-0.1, -0.05) is 51.3 Å². The Balaban J connectivity index is 2.27. The summed E-state index contributed by atoms with van der Waals surface area (Å²) in [5.74, 6) is -0.310. The number of pyridine rings is 1. The zero-order valence-corrected chi connectivity index (χ0v) is 18.4. The van der Waals surface area contributed by atoms with Crippen LogP contribution >= 0.6 is 0 Å². The number of halogens is 1. The van der Waals surface area contributed by atoms with Crippen LogP contribution in [0.15, 0.2) is 30.3 Å². The van der Waals surface area contributed by atoms with Crippen LogP contribution in [-0.2, 0) is 6.42 Å². The summed E-state index contributed by atoms with van der Waals surface area (Å²) in [6.07, 6.45) is 5.32. The predicted molar refractivity (Wildman–Crippen MR) is 118 cm³/mol. The lowest BCUT2D eigenvalue weighted by Gasteiger charge is -2.27. The zero-order chi connectivity index (χ0) is 22.1. The standard InChI is InChI=1S/C24H33FN2O3/c1-17-20(25)21(30-4)19(16-24(2,3)14-10-5-6-11-15-28)22(26-17)27-23(29)18-12-8-7-9-13-18/h7-9,12-13,28H,5-6,10-11,14-16H2,1-4H3,(H,26,27,29). The van der Waals surface area contributed by atoms with Crippen molar-refractivity contribution in [2.24, 2.45) is 5.41 Å². The van der Waals surface area contributed by atoms with Crippen molar-refractivity contribution < 1.29 is 19.0 Å². The maximum Gasteiger partial charge on any atom is 0.256 e. The Kier molecular flexibility index (Phi) is 8.78. The first-order chi connectivity index (χ1) is 14.3. The third-order valence-corrected chi connectivity index (χ3v) is 5.25. The van der Waals surface area contributed by atoms with Crippen LogP contribution in [0.4, 0.5) is 10.2 Å². The molecule has 0 saturated carbocycles. The summed E-state index contributed by atoms with van der Waals surface area (Å²) in [6, 6.07) is 8.87. The largest absolute Gasteiger partial charge is 0.493 e. The van der Waals surface area contributed by atoms with Gasteiger partial charge in [0.15, 0.2) is 11.6 Å². The number of aromatic nitrogens is 1. The van der Waals surface area contributed by atoms with Crippen molar-refractivity contribution >= 4 is 11.7 Å². The minimum atomic E-state index is -0.496. The second kappa shape index (κ2) is 11.1. The Morgan fingerprint density at radius 2 is 1.83 bits per heavy atom. The lowest BCUT2D eigenvalue weighted by atomic mass is 9.80. The Morgan fingerprint density at radius 3 is 2.47 bits per heavy atom. The molecular formula is C24H33FN2O3. The number of nitrogens with zero attached hydrogens (tertiary/aromatic N) is 1. The number of hydrogen-bond donors (Lipinski definition) is 2. The van der Waals surface area contributed by atoms with E-state index < -0.39 is 5.82 Å². The summed E-state index contributed by atoms with van der Waals surface area (Å²) in [4.78, 5) is 17.0. The number of methoxy groups -OCH3 is 1. The molecule has 0 aliphatic rings. The van der Waals surface area contributed by atoms with E-state index in [0.29, 0.717) is 23.4 Å². The number of benzene rings is 1. The molecule has 0 unspecified atom stereocenters. The number of carbonyl (C=O) groups excluding carboxylic acids is 1. The lowest BCUT2D eigenvalue weighted by molar-refractivity contribution is 0.102. The van der Waals surface area contributed by atoms with E-state index in [1.54, 1.807) is 31.2 Å². The first-order valence-electron chi connectivity index (χ1n) is 10.5. The van der Waals surface area contributed by atoms with Crippen LogP contribution in [0.3, 0.4) is 0 Å². The number of aliphatic hydroxyl groups is 1. The first-order valence-corrected chi connectivity index (χ1v) is 10.5. The minimum Gasteiger partial charge on any atom is -0.493 e. The van der Waals surface area contributed by atoms with E-state index in [-0.39, 0.29) is 29.4 Å². The second-order valence-corrected chi connectivity index (χ2v) is 8.42. The van der Waals surface area contributed by atoms with Crippen molar-refractivity contribution in [3.63, 3.8) is 0 Å². The van der Waals surface area contributed by atoms with E-state index in [0.717, 1.165) is 32.1 Å². The van der Waals surface area contributed by atoms with E-state index in [4.69, 9.17) is 9.84 Å². The van der Waals surface area contributed by atoms with E-state index in [9.17, 15) is 9.18 Å². The van der Waals surface area contributed by atoms with Crippen molar-refractivity contribution in [3.8, 4) is 5.75 Å². The molecule has 0 aliphatic carbocycles. The molecule has 2 aromatic rings. The summed E-state index contributed by atoms with van der Waals surface area (Å²) in [5, 5.41) is 11.8. The highest BCUT2D eigenvalue weighted by atomic mass is 19.1. The van der Waals surface area contributed by atoms with Crippen molar-refractivity contribution in [1.29, 1.82) is 0 Å². The van der Waals surface area contributed by atoms with Crippen LogP contribution in [0.1, 0.15) is 67.6 Å². The van der Waals surface area contributed by atoms with Gasteiger partial charge in [0.1, 0.15) is 5.82 Å². The number of aryl methyl sites for hydroxylation is 1. The summed E-state index contributed by atoms with van der Waals surface area (Å²) >= 11 is 0. The molecule has 2 rings (SSSR count). The molecule has 1 heterocycles. The van der Waals surface area contributed by atoms with Crippen molar-refractivity contribution in [2.45, 2.75) is 59.3 Å². The van der Waals surface area contributed by atoms with E-state index in [1.807, 2.05) is 6.07 Å². The van der Waals surface area contributed by atoms with Crippen LogP contribution in [0.25, 0.3) is 0 Å². The van der Waals surface area contributed by atoms with E-state index in [2.05, 4.69) is 24.1 Å². The average Bonchev–Trinajstić information content (AvgIpc) is 2.72. The normalized spacial score (nSPS) is 11.4. The van der Waals surface area contributed by atoms with Gasteiger partial charge < -0.3 is 15.2 Å². The molecule has 1 aromatic heterocycles. The number of ether oxygens (including phenoxy) is 1. The Morgan fingerprint density at radius 1 is 1.17 bits per heavy atom. The molecule has 0 fully saturated rings. The Hall–Kier alpha value is -2.47.